The average molecular weight is 475 g/mol. The number of nitrogens with one attached hydrogen (secondary N) is 2. The largest absolute Gasteiger partial charge is 0.395 e. The maximum Gasteiger partial charge on any atom is 0.270 e. The van der Waals surface area contributed by atoms with E-state index < -0.39 is 5.91 Å². The number of hydrogen-bond donors (Lipinski definition) is 3. The van der Waals surface area contributed by atoms with Gasteiger partial charge in [0.25, 0.3) is 11.5 Å². The van der Waals surface area contributed by atoms with Crippen LogP contribution in [0.2, 0.25) is 0 Å². The molecule has 1 unspecified atom stereocenters. The molecule has 0 saturated heterocycles. The maximum absolute atomic E-state index is 12.6. The lowest BCUT2D eigenvalue weighted by atomic mass is 9.84. The molecule has 1 atom stereocenters. The smallest absolute Gasteiger partial charge is 0.270 e. The molecular weight excluding hydrogens is 444 g/mol. The van der Waals surface area contributed by atoms with Crippen molar-refractivity contribution in [3.05, 3.63) is 82.3 Å². The molecule has 9 heteroatoms. The third kappa shape index (κ3) is 5.26. The molecule has 1 aliphatic rings. The minimum Gasteiger partial charge on any atom is -0.395 e. The first-order valence-electron chi connectivity index (χ1n) is 12.2. The Balaban J connectivity index is 1.22. The van der Waals surface area contributed by atoms with Gasteiger partial charge in [0.1, 0.15) is 17.0 Å². The predicted octanol–water partition coefficient (Wildman–Crippen LogP) is 2.30. The third-order valence-corrected chi connectivity index (χ3v) is 6.78. The molecule has 4 heterocycles. The molecule has 4 aromatic rings. The van der Waals surface area contributed by atoms with E-state index >= 15 is 0 Å². The summed E-state index contributed by atoms with van der Waals surface area (Å²) in [7, 11) is 0. The monoisotopic (exact) mass is 474 g/mol. The Morgan fingerprint density at radius 2 is 1.91 bits per heavy atom. The number of nitrogens with zero attached hydrogens (tertiary/aromatic N) is 4. The lowest BCUT2D eigenvalue weighted by Gasteiger charge is -2.29. The zero-order valence-electron chi connectivity index (χ0n) is 19.6. The highest BCUT2D eigenvalue weighted by molar-refractivity contribution is 5.92. The van der Waals surface area contributed by atoms with Gasteiger partial charge in [-0.25, -0.2) is 9.97 Å². The van der Waals surface area contributed by atoms with Crippen molar-refractivity contribution in [1.29, 1.82) is 0 Å². The van der Waals surface area contributed by atoms with Gasteiger partial charge >= 0.3 is 0 Å². The number of amides is 1. The van der Waals surface area contributed by atoms with Crippen molar-refractivity contribution in [1.82, 2.24) is 29.4 Å². The summed E-state index contributed by atoms with van der Waals surface area (Å²) in [6.45, 7) is 1.05. The van der Waals surface area contributed by atoms with Gasteiger partial charge in [0.2, 0.25) is 0 Å². The fourth-order valence-electron chi connectivity index (χ4n) is 4.88. The molecule has 0 radical (unpaired) electrons. The molecule has 0 spiro atoms. The Kier molecular flexibility index (Phi) is 6.87. The van der Waals surface area contributed by atoms with Crippen LogP contribution in [-0.4, -0.2) is 42.4 Å². The summed E-state index contributed by atoms with van der Waals surface area (Å²) in [5.41, 5.74) is 2.78. The lowest BCUT2D eigenvalue weighted by Crippen LogP contribution is -2.39. The number of fused-ring (bicyclic) bond motifs is 2. The second-order valence-corrected chi connectivity index (χ2v) is 9.19. The van der Waals surface area contributed by atoms with Crippen LogP contribution in [0.25, 0.3) is 11.3 Å². The normalized spacial score (nSPS) is 15.5. The van der Waals surface area contributed by atoms with E-state index in [0.29, 0.717) is 23.8 Å². The van der Waals surface area contributed by atoms with Crippen LogP contribution in [0.1, 0.15) is 53.8 Å². The summed E-state index contributed by atoms with van der Waals surface area (Å²) in [5, 5.41) is 16.2. The van der Waals surface area contributed by atoms with E-state index in [9.17, 15) is 14.7 Å². The molecule has 1 amide bonds. The van der Waals surface area contributed by atoms with E-state index in [1.807, 2.05) is 28.9 Å². The summed E-state index contributed by atoms with van der Waals surface area (Å²) < 4.78 is 3.33. The Labute approximate surface area is 202 Å². The fourth-order valence-corrected chi connectivity index (χ4v) is 4.88. The van der Waals surface area contributed by atoms with Crippen LogP contribution < -0.4 is 16.2 Å². The number of aromatic nitrogens is 4. The molecule has 182 valence electrons. The quantitative estimate of drug-likeness (QED) is 0.361. The zero-order chi connectivity index (χ0) is 24.2. The van der Waals surface area contributed by atoms with E-state index in [1.165, 1.54) is 42.6 Å². The topological polar surface area (TPSA) is 113 Å². The van der Waals surface area contributed by atoms with Crippen LogP contribution in [-0.2, 0) is 13.1 Å². The van der Waals surface area contributed by atoms with Gasteiger partial charge in [0.15, 0.2) is 0 Å². The average Bonchev–Trinajstić information content (AvgIpc) is 3.30. The molecule has 1 aliphatic carbocycles. The molecule has 9 nitrogen and oxygen atoms in total. The second-order valence-electron chi connectivity index (χ2n) is 9.19. The molecule has 3 N–H and O–H groups in total. The highest BCUT2D eigenvalue weighted by Gasteiger charge is 2.22. The summed E-state index contributed by atoms with van der Waals surface area (Å²) in [6.07, 6.45) is 11.7. The number of carbonyl (C=O) groups is 1. The Morgan fingerprint density at radius 1 is 1.06 bits per heavy atom. The van der Waals surface area contributed by atoms with Gasteiger partial charge in [0, 0.05) is 37.2 Å². The Bertz CT molecular complexity index is 1390. The Morgan fingerprint density at radius 3 is 2.74 bits per heavy atom. The predicted molar refractivity (Wildman–Crippen MR) is 132 cm³/mol. The lowest BCUT2D eigenvalue weighted by molar-refractivity contribution is 0.0945. The van der Waals surface area contributed by atoms with Crippen molar-refractivity contribution >= 4 is 17.2 Å². The molecule has 35 heavy (non-hydrogen) atoms. The standard InChI is InChI=1S/C26H30N6O3/c33-17-22(19-6-2-1-3-7-19)27-13-18-9-10-23-29-20(16-31(23)15-18)14-28-26(35)21-12-25(34)32-11-5-4-8-24(32)30-21/h4-5,8-12,15-16,19,22,27,33H,1-3,6-7,13-14,17H2,(H,28,35). The zero-order valence-corrected chi connectivity index (χ0v) is 19.6. The fraction of sp³-hybridized carbons (Fsp3) is 0.385. The molecule has 1 saturated carbocycles. The van der Waals surface area contributed by atoms with Gasteiger partial charge < -0.3 is 20.1 Å². The van der Waals surface area contributed by atoms with Crippen LogP contribution in [0, 0.1) is 5.92 Å². The van der Waals surface area contributed by atoms with Gasteiger partial charge in [-0.2, -0.15) is 0 Å². The van der Waals surface area contributed by atoms with Gasteiger partial charge in [-0.3, -0.25) is 14.0 Å². The summed E-state index contributed by atoms with van der Waals surface area (Å²) in [6, 6.07) is 10.5. The molecule has 0 bridgehead atoms. The van der Waals surface area contributed by atoms with Crippen molar-refractivity contribution in [2.45, 2.75) is 51.2 Å². The number of rotatable bonds is 8. The molecule has 4 aromatic heterocycles. The summed E-state index contributed by atoms with van der Waals surface area (Å²) >= 11 is 0. The van der Waals surface area contributed by atoms with Crippen molar-refractivity contribution in [3.8, 4) is 0 Å². The van der Waals surface area contributed by atoms with Gasteiger partial charge in [0.05, 0.1) is 18.8 Å². The van der Waals surface area contributed by atoms with Crippen LogP contribution in [0.5, 0.6) is 0 Å². The first kappa shape index (κ1) is 23.2. The van der Waals surface area contributed by atoms with E-state index in [0.717, 1.165) is 11.2 Å². The van der Waals surface area contributed by atoms with Crippen molar-refractivity contribution in [2.75, 3.05) is 6.61 Å². The minimum atomic E-state index is -0.423. The van der Waals surface area contributed by atoms with Crippen LogP contribution in [0.4, 0.5) is 0 Å². The maximum atomic E-state index is 12.6. The van der Waals surface area contributed by atoms with Crippen LogP contribution in [0.3, 0.4) is 0 Å². The van der Waals surface area contributed by atoms with E-state index in [-0.39, 0.29) is 30.4 Å². The van der Waals surface area contributed by atoms with E-state index in [4.69, 9.17) is 0 Å². The number of hydrogen-bond acceptors (Lipinski definition) is 6. The molecular formula is C26H30N6O3. The van der Waals surface area contributed by atoms with Crippen molar-refractivity contribution in [3.63, 3.8) is 0 Å². The highest BCUT2D eigenvalue weighted by Crippen LogP contribution is 2.26. The minimum absolute atomic E-state index is 0.0785. The second kappa shape index (κ2) is 10.4. The first-order chi connectivity index (χ1) is 17.1. The first-order valence-corrected chi connectivity index (χ1v) is 12.2. The van der Waals surface area contributed by atoms with E-state index in [2.05, 4.69) is 20.6 Å². The molecule has 0 aliphatic heterocycles. The van der Waals surface area contributed by atoms with Crippen LogP contribution >= 0.6 is 0 Å². The van der Waals surface area contributed by atoms with E-state index in [1.54, 1.807) is 24.4 Å². The number of aliphatic hydroxyl groups excluding tert-OH is 1. The molecule has 1 fully saturated rings. The SMILES string of the molecule is O=C(NCc1cn2cc(CNC(CO)C3CCCCC3)ccc2n1)c1cc(=O)n2ccccc2n1. The number of carbonyl (C=O) groups excluding carboxylic acids is 1. The molecule has 5 rings (SSSR count). The summed E-state index contributed by atoms with van der Waals surface area (Å²) in [5.74, 6) is 0.113. The third-order valence-electron chi connectivity index (χ3n) is 6.78. The Hall–Kier alpha value is -3.56. The van der Waals surface area contributed by atoms with Gasteiger partial charge in [-0.1, -0.05) is 31.4 Å². The highest BCUT2D eigenvalue weighted by atomic mass is 16.3. The molecule has 0 aromatic carbocycles. The van der Waals surface area contributed by atoms with Crippen molar-refractivity contribution in [2.24, 2.45) is 5.92 Å². The summed E-state index contributed by atoms with van der Waals surface area (Å²) in [4.78, 5) is 33.7. The van der Waals surface area contributed by atoms with Gasteiger partial charge in [-0.15, -0.1) is 0 Å². The van der Waals surface area contributed by atoms with Crippen molar-refractivity contribution < 1.29 is 9.90 Å². The number of imidazole rings is 1. The number of aliphatic hydroxyl groups is 1. The van der Waals surface area contributed by atoms with Crippen LogP contribution in [0.15, 0.2) is 59.8 Å². The number of pyridine rings is 2. The van der Waals surface area contributed by atoms with Gasteiger partial charge in [-0.05, 0) is 42.5 Å².